The van der Waals surface area contributed by atoms with Crippen LogP contribution < -0.4 is 5.73 Å². The van der Waals surface area contributed by atoms with Gasteiger partial charge in [0.2, 0.25) is 0 Å². The third kappa shape index (κ3) is 4.41. The average molecular weight is 322 g/mol. The summed E-state index contributed by atoms with van der Waals surface area (Å²) < 4.78 is 4.95. The number of carbonyl (C=O) groups is 1. The highest BCUT2D eigenvalue weighted by Crippen LogP contribution is 2.29. The number of esters is 1. The first kappa shape index (κ1) is 15.7. The molecule has 2 aromatic carbocycles. The molecule has 0 heterocycles. The summed E-state index contributed by atoms with van der Waals surface area (Å²) >= 11 is 7.48. The number of hydrogen-bond donors (Lipinski definition) is 1. The van der Waals surface area contributed by atoms with Crippen molar-refractivity contribution < 1.29 is 9.53 Å². The smallest absolute Gasteiger partial charge is 0.338 e. The van der Waals surface area contributed by atoms with Crippen LogP contribution in [0.5, 0.6) is 0 Å². The number of thioether (sulfide) groups is 1. The van der Waals surface area contributed by atoms with Gasteiger partial charge in [-0.2, -0.15) is 0 Å². The number of rotatable bonds is 5. The summed E-state index contributed by atoms with van der Waals surface area (Å²) in [4.78, 5) is 12.6. The lowest BCUT2D eigenvalue weighted by Gasteiger charge is -2.08. The average Bonchev–Trinajstić information content (AvgIpc) is 2.48. The van der Waals surface area contributed by atoms with Crippen molar-refractivity contribution in [3.8, 4) is 0 Å². The second-order valence-corrected chi connectivity index (χ2v) is 5.84. The maximum absolute atomic E-state index is 11.6. The summed E-state index contributed by atoms with van der Waals surface area (Å²) in [5, 5.41) is 0.724. The molecule has 2 aromatic rings. The summed E-state index contributed by atoms with van der Waals surface area (Å²) in [5.41, 5.74) is 8.22. The van der Waals surface area contributed by atoms with E-state index in [0.29, 0.717) is 17.9 Å². The standard InChI is InChI=1S/C16H16ClNO2S/c1-2-20-16(19)12-5-8-15(14(18)9-12)21-10-11-3-6-13(17)7-4-11/h3-9H,2,10,18H2,1H3. The maximum atomic E-state index is 11.6. The van der Waals surface area contributed by atoms with Crippen molar-refractivity contribution in [3.05, 3.63) is 58.6 Å². The van der Waals surface area contributed by atoms with Crippen LogP contribution in [0.25, 0.3) is 0 Å². The Labute approximate surface area is 133 Å². The van der Waals surface area contributed by atoms with E-state index in [2.05, 4.69) is 0 Å². The van der Waals surface area contributed by atoms with E-state index in [1.165, 1.54) is 5.56 Å². The van der Waals surface area contributed by atoms with Gasteiger partial charge < -0.3 is 10.5 Å². The third-order valence-electron chi connectivity index (χ3n) is 2.83. The molecular weight excluding hydrogens is 306 g/mol. The van der Waals surface area contributed by atoms with Crippen molar-refractivity contribution in [3.63, 3.8) is 0 Å². The molecule has 2 N–H and O–H groups in total. The van der Waals surface area contributed by atoms with Gasteiger partial charge >= 0.3 is 5.97 Å². The van der Waals surface area contributed by atoms with Gasteiger partial charge in [0.15, 0.2) is 0 Å². The Kier molecular flexibility index (Phi) is 5.53. The topological polar surface area (TPSA) is 52.3 Å². The number of halogens is 1. The second kappa shape index (κ2) is 7.38. The van der Waals surface area contributed by atoms with Crippen LogP contribution in [-0.4, -0.2) is 12.6 Å². The summed E-state index contributed by atoms with van der Waals surface area (Å²) in [7, 11) is 0. The number of nitrogens with two attached hydrogens (primary N) is 1. The van der Waals surface area contributed by atoms with Gasteiger partial charge in [-0.3, -0.25) is 0 Å². The van der Waals surface area contributed by atoms with E-state index in [0.717, 1.165) is 15.7 Å². The molecule has 0 aliphatic rings. The summed E-state index contributed by atoms with van der Waals surface area (Å²) in [5.74, 6) is 0.443. The number of ether oxygens (including phenoxy) is 1. The van der Waals surface area contributed by atoms with Gasteiger partial charge in [0.25, 0.3) is 0 Å². The minimum atomic E-state index is -0.349. The molecule has 0 saturated carbocycles. The van der Waals surface area contributed by atoms with Gasteiger partial charge in [0, 0.05) is 21.4 Å². The third-order valence-corrected chi connectivity index (χ3v) is 4.24. The largest absolute Gasteiger partial charge is 0.462 e. The van der Waals surface area contributed by atoms with Crippen LogP contribution in [0, 0.1) is 0 Å². The van der Waals surface area contributed by atoms with Gasteiger partial charge in [-0.1, -0.05) is 23.7 Å². The number of anilines is 1. The Bertz CT molecular complexity index is 629. The molecule has 0 aliphatic heterocycles. The van der Waals surface area contributed by atoms with E-state index in [-0.39, 0.29) is 5.97 Å². The van der Waals surface area contributed by atoms with E-state index in [1.54, 1.807) is 30.8 Å². The van der Waals surface area contributed by atoms with E-state index in [9.17, 15) is 4.79 Å². The zero-order valence-electron chi connectivity index (χ0n) is 11.6. The summed E-state index contributed by atoms with van der Waals surface area (Å²) in [6.07, 6.45) is 0. The van der Waals surface area contributed by atoms with Crippen molar-refractivity contribution in [2.45, 2.75) is 17.6 Å². The normalized spacial score (nSPS) is 10.4. The van der Waals surface area contributed by atoms with Crippen LogP contribution in [0.4, 0.5) is 5.69 Å². The zero-order chi connectivity index (χ0) is 15.2. The first-order chi connectivity index (χ1) is 10.1. The Morgan fingerprint density at radius 3 is 2.57 bits per heavy atom. The Balaban J connectivity index is 2.04. The number of nitrogen functional groups attached to an aromatic ring is 1. The molecule has 5 heteroatoms. The Morgan fingerprint density at radius 2 is 1.95 bits per heavy atom. The molecule has 21 heavy (non-hydrogen) atoms. The highest BCUT2D eigenvalue weighted by atomic mass is 35.5. The fourth-order valence-corrected chi connectivity index (χ4v) is 2.79. The van der Waals surface area contributed by atoms with Gasteiger partial charge in [0.1, 0.15) is 0 Å². The molecule has 0 aliphatic carbocycles. The summed E-state index contributed by atoms with van der Waals surface area (Å²) in [6, 6.07) is 12.9. The fourth-order valence-electron chi connectivity index (χ4n) is 1.76. The highest BCUT2D eigenvalue weighted by molar-refractivity contribution is 7.98. The van der Waals surface area contributed by atoms with Crippen LogP contribution in [0.3, 0.4) is 0 Å². The first-order valence-corrected chi connectivity index (χ1v) is 7.90. The van der Waals surface area contributed by atoms with Gasteiger partial charge in [-0.15, -0.1) is 11.8 Å². The van der Waals surface area contributed by atoms with Crippen LogP contribution in [0.15, 0.2) is 47.4 Å². The fraction of sp³-hybridized carbons (Fsp3) is 0.188. The molecule has 3 nitrogen and oxygen atoms in total. The molecule has 0 amide bonds. The lowest BCUT2D eigenvalue weighted by atomic mass is 10.2. The maximum Gasteiger partial charge on any atom is 0.338 e. The van der Waals surface area contributed by atoms with Gasteiger partial charge in [0.05, 0.1) is 12.2 Å². The monoisotopic (exact) mass is 321 g/mol. The predicted molar refractivity (Wildman–Crippen MR) is 87.8 cm³/mol. The lowest BCUT2D eigenvalue weighted by Crippen LogP contribution is -2.05. The van der Waals surface area contributed by atoms with Crippen molar-refractivity contribution in [1.82, 2.24) is 0 Å². The van der Waals surface area contributed by atoms with Crippen molar-refractivity contribution in [2.75, 3.05) is 12.3 Å². The quantitative estimate of drug-likeness (QED) is 0.504. The molecule has 0 bridgehead atoms. The van der Waals surface area contributed by atoms with E-state index in [4.69, 9.17) is 22.1 Å². The van der Waals surface area contributed by atoms with Crippen LogP contribution >= 0.6 is 23.4 Å². The molecule has 110 valence electrons. The lowest BCUT2D eigenvalue weighted by molar-refractivity contribution is 0.0526. The molecule has 0 atom stereocenters. The predicted octanol–water partition coefficient (Wildman–Crippen LogP) is 4.39. The SMILES string of the molecule is CCOC(=O)c1ccc(SCc2ccc(Cl)cc2)c(N)c1. The molecule has 0 fully saturated rings. The minimum absolute atomic E-state index is 0.349. The molecule has 0 aromatic heterocycles. The minimum Gasteiger partial charge on any atom is -0.462 e. The Morgan fingerprint density at radius 1 is 1.24 bits per heavy atom. The molecule has 0 spiro atoms. The van der Waals surface area contributed by atoms with Gasteiger partial charge in [-0.25, -0.2) is 4.79 Å². The summed E-state index contributed by atoms with van der Waals surface area (Å²) in [6.45, 7) is 2.13. The molecule has 2 rings (SSSR count). The number of benzene rings is 2. The molecule has 0 unspecified atom stereocenters. The number of carbonyl (C=O) groups excluding carboxylic acids is 1. The van der Waals surface area contributed by atoms with E-state index in [1.807, 2.05) is 30.3 Å². The van der Waals surface area contributed by atoms with Crippen LogP contribution in [0.2, 0.25) is 5.02 Å². The molecular formula is C16H16ClNO2S. The van der Waals surface area contributed by atoms with Crippen molar-refractivity contribution >= 4 is 35.0 Å². The van der Waals surface area contributed by atoms with Crippen LogP contribution in [-0.2, 0) is 10.5 Å². The van der Waals surface area contributed by atoms with Gasteiger partial charge in [-0.05, 0) is 42.8 Å². The van der Waals surface area contributed by atoms with Crippen molar-refractivity contribution in [1.29, 1.82) is 0 Å². The number of hydrogen-bond acceptors (Lipinski definition) is 4. The van der Waals surface area contributed by atoms with E-state index >= 15 is 0 Å². The Hall–Kier alpha value is -1.65. The zero-order valence-corrected chi connectivity index (χ0v) is 13.2. The first-order valence-electron chi connectivity index (χ1n) is 6.54. The van der Waals surface area contributed by atoms with E-state index < -0.39 is 0 Å². The second-order valence-electron chi connectivity index (χ2n) is 4.39. The van der Waals surface area contributed by atoms with Crippen LogP contribution in [0.1, 0.15) is 22.8 Å². The highest BCUT2D eigenvalue weighted by Gasteiger charge is 2.09. The molecule has 0 saturated heterocycles. The molecule has 0 radical (unpaired) electrons. The van der Waals surface area contributed by atoms with Crippen molar-refractivity contribution in [2.24, 2.45) is 0 Å².